The zero-order chi connectivity index (χ0) is 37.0. The van der Waals surface area contributed by atoms with Crippen LogP contribution in [-0.4, -0.2) is 41.7 Å². The molecular weight excluding hydrogens is 1030 g/mol. The van der Waals surface area contributed by atoms with Gasteiger partial charge in [-0.3, -0.25) is 0 Å². The number of ether oxygens (including phenoxy) is 4. The van der Waals surface area contributed by atoms with Gasteiger partial charge >= 0.3 is 0 Å². The van der Waals surface area contributed by atoms with Crippen LogP contribution in [0.25, 0.3) is 0 Å². The van der Waals surface area contributed by atoms with Gasteiger partial charge in [-0.2, -0.15) is 0 Å². The Labute approximate surface area is 349 Å². The first kappa shape index (κ1) is 42.6. The summed E-state index contributed by atoms with van der Waals surface area (Å²) in [6, 6.07) is 12.7. The first-order valence-electron chi connectivity index (χ1n) is 17.3. The molecule has 4 rings (SSSR count). The fraction of sp³-hybridized carbons (Fsp3) is 0.538. The Balaban J connectivity index is 1.49. The van der Waals surface area contributed by atoms with E-state index in [1.807, 2.05) is 0 Å². The monoisotopic (exact) mass is 1070 g/mol. The third-order valence-electron chi connectivity index (χ3n) is 10.2. The van der Waals surface area contributed by atoms with Crippen molar-refractivity contribution in [3.63, 3.8) is 0 Å². The van der Waals surface area contributed by atoms with Crippen LogP contribution in [0.2, 0.25) is 0 Å². The SMILES string of the molecule is CCc1cc(Br)c(OC(CC)(CC)CC(O)COc2c(Br)cc(C(C)(C)c3cc(Br)c(OC(CC)(CC)CC4CO4)c(Br)c3)cc2Br)c(Br)c1. The maximum absolute atomic E-state index is 11.3. The van der Waals surface area contributed by atoms with Crippen LogP contribution in [0.4, 0.5) is 0 Å². The van der Waals surface area contributed by atoms with Crippen LogP contribution in [-0.2, 0) is 16.6 Å². The minimum atomic E-state index is -0.747. The van der Waals surface area contributed by atoms with Gasteiger partial charge in [0.05, 0.1) is 45.7 Å². The van der Waals surface area contributed by atoms with Gasteiger partial charge in [-0.15, -0.1) is 0 Å². The first-order chi connectivity index (χ1) is 23.6. The zero-order valence-corrected chi connectivity index (χ0v) is 39.3. The highest BCUT2D eigenvalue weighted by Crippen LogP contribution is 2.46. The minimum absolute atomic E-state index is 0.118. The highest BCUT2D eigenvalue weighted by atomic mass is 79.9. The molecule has 1 saturated heterocycles. The van der Waals surface area contributed by atoms with E-state index in [2.05, 4.69) is 180 Å². The van der Waals surface area contributed by atoms with Crippen LogP contribution in [0.3, 0.4) is 0 Å². The number of hydrogen-bond acceptors (Lipinski definition) is 5. The normalized spacial score (nSPS) is 15.6. The molecule has 0 amide bonds. The molecule has 0 aromatic heterocycles. The molecule has 2 unspecified atom stereocenters. The molecule has 1 heterocycles. The standard InChI is InChI=1S/C39H48Br6O5/c1-8-23-13-28(40)35(29(41)14-23)49-38(9-2,10-3)19-26(46)21-48-34-30(42)15-24(16-31(34)43)37(6,7)25-17-32(44)36(33(45)18-25)50-39(11-4,12-5)20-27-22-47-27/h13-18,26-27,46H,8-12,19-22H2,1-7H3. The Morgan fingerprint density at radius 1 is 0.680 bits per heavy atom. The van der Waals surface area contributed by atoms with Gasteiger partial charge in [0.15, 0.2) is 0 Å². The summed E-state index contributed by atoms with van der Waals surface area (Å²) in [5.74, 6) is 2.21. The van der Waals surface area contributed by atoms with E-state index in [1.54, 1.807) is 0 Å². The van der Waals surface area contributed by atoms with Crippen molar-refractivity contribution >= 4 is 95.6 Å². The number of hydrogen-bond donors (Lipinski definition) is 1. The van der Waals surface area contributed by atoms with E-state index >= 15 is 0 Å². The lowest BCUT2D eigenvalue weighted by Crippen LogP contribution is -2.40. The summed E-state index contributed by atoms with van der Waals surface area (Å²) in [4.78, 5) is 0. The maximum atomic E-state index is 11.3. The second-order valence-corrected chi connectivity index (χ2v) is 18.8. The van der Waals surface area contributed by atoms with Crippen molar-refractivity contribution in [1.82, 2.24) is 0 Å². The number of aliphatic hydroxyl groups excluding tert-OH is 1. The lowest BCUT2D eigenvalue weighted by molar-refractivity contribution is -0.0109. The van der Waals surface area contributed by atoms with Gasteiger partial charge in [0, 0.05) is 18.3 Å². The van der Waals surface area contributed by atoms with Crippen LogP contribution in [0, 0.1) is 0 Å². The summed E-state index contributed by atoms with van der Waals surface area (Å²) in [5, 5.41) is 11.3. The lowest BCUT2D eigenvalue weighted by atomic mass is 9.78. The quantitative estimate of drug-likeness (QED) is 0.129. The fourth-order valence-electron chi connectivity index (χ4n) is 6.31. The van der Waals surface area contributed by atoms with Crippen LogP contribution >= 0.6 is 95.6 Å². The molecule has 1 aliphatic heterocycles. The predicted octanol–water partition coefficient (Wildman–Crippen LogP) is 13.6. The number of epoxide rings is 1. The number of aliphatic hydroxyl groups is 1. The van der Waals surface area contributed by atoms with Gasteiger partial charge in [-0.05, 0) is 181 Å². The maximum Gasteiger partial charge on any atom is 0.148 e. The van der Waals surface area contributed by atoms with Crippen molar-refractivity contribution in [3.05, 3.63) is 79.9 Å². The average Bonchev–Trinajstić information content (AvgIpc) is 3.90. The second-order valence-electron chi connectivity index (χ2n) is 13.7. The smallest absolute Gasteiger partial charge is 0.148 e. The molecule has 2 atom stereocenters. The third-order valence-corrected chi connectivity index (χ3v) is 13.7. The molecule has 0 aliphatic carbocycles. The van der Waals surface area contributed by atoms with E-state index in [4.69, 9.17) is 18.9 Å². The van der Waals surface area contributed by atoms with Gasteiger partial charge < -0.3 is 24.1 Å². The number of aryl methyl sites for hydroxylation is 1. The zero-order valence-electron chi connectivity index (χ0n) is 29.8. The van der Waals surface area contributed by atoms with Crippen molar-refractivity contribution in [2.45, 2.75) is 122 Å². The molecule has 0 bridgehead atoms. The largest absolute Gasteiger partial charge is 0.489 e. The molecule has 11 heteroatoms. The van der Waals surface area contributed by atoms with Gasteiger partial charge in [-0.1, -0.05) is 48.5 Å². The molecule has 0 radical (unpaired) electrons. The highest BCUT2D eigenvalue weighted by molar-refractivity contribution is 9.12. The van der Waals surface area contributed by atoms with Crippen LogP contribution in [0.15, 0.2) is 63.2 Å². The molecule has 3 aromatic carbocycles. The van der Waals surface area contributed by atoms with E-state index in [1.165, 1.54) is 5.56 Å². The highest BCUT2D eigenvalue weighted by Gasteiger charge is 2.39. The van der Waals surface area contributed by atoms with Gasteiger partial charge in [0.25, 0.3) is 0 Å². The van der Waals surface area contributed by atoms with Crippen molar-refractivity contribution in [3.8, 4) is 17.2 Å². The molecule has 0 saturated carbocycles. The van der Waals surface area contributed by atoms with Crippen LogP contribution < -0.4 is 14.2 Å². The molecule has 276 valence electrons. The van der Waals surface area contributed by atoms with E-state index < -0.39 is 11.7 Å². The van der Waals surface area contributed by atoms with E-state index in [-0.39, 0.29) is 23.7 Å². The van der Waals surface area contributed by atoms with Crippen LogP contribution in [0.1, 0.15) is 104 Å². The molecule has 3 aromatic rings. The Hall–Kier alpha value is -0.140. The summed E-state index contributed by atoms with van der Waals surface area (Å²) >= 11 is 22.6. The first-order valence-corrected chi connectivity index (χ1v) is 22.1. The van der Waals surface area contributed by atoms with Gasteiger partial charge in [0.2, 0.25) is 0 Å². The Morgan fingerprint density at radius 3 is 1.48 bits per heavy atom. The Bertz CT molecular complexity index is 1560. The number of halogens is 6. The molecule has 1 fully saturated rings. The number of benzene rings is 3. The van der Waals surface area contributed by atoms with E-state index in [0.717, 1.165) is 94.6 Å². The third kappa shape index (κ3) is 10.1. The molecule has 0 spiro atoms. The molecule has 50 heavy (non-hydrogen) atoms. The van der Waals surface area contributed by atoms with E-state index in [0.29, 0.717) is 12.2 Å². The van der Waals surface area contributed by atoms with Crippen molar-refractivity contribution < 1.29 is 24.1 Å². The van der Waals surface area contributed by atoms with Gasteiger partial charge in [-0.25, -0.2) is 0 Å². The summed E-state index contributed by atoms with van der Waals surface area (Å²) in [6.45, 7) is 16.0. The average molecular weight is 1080 g/mol. The summed E-state index contributed by atoms with van der Waals surface area (Å²) < 4.78 is 30.4. The van der Waals surface area contributed by atoms with Crippen molar-refractivity contribution in [2.24, 2.45) is 0 Å². The van der Waals surface area contributed by atoms with E-state index in [9.17, 15) is 5.11 Å². The molecular formula is C39H48Br6O5. The van der Waals surface area contributed by atoms with Crippen molar-refractivity contribution in [1.29, 1.82) is 0 Å². The molecule has 1 N–H and O–H groups in total. The molecule has 1 aliphatic rings. The summed E-state index contributed by atoms with van der Waals surface area (Å²) in [6.07, 6.45) is 5.04. The van der Waals surface area contributed by atoms with Crippen molar-refractivity contribution in [2.75, 3.05) is 13.2 Å². The van der Waals surface area contributed by atoms with Crippen LogP contribution in [0.5, 0.6) is 17.2 Å². The summed E-state index contributed by atoms with van der Waals surface area (Å²) in [5.41, 5.74) is 2.22. The summed E-state index contributed by atoms with van der Waals surface area (Å²) in [7, 11) is 0. The predicted molar refractivity (Wildman–Crippen MR) is 225 cm³/mol. The Kier molecular flexibility index (Phi) is 15.3. The molecule has 5 nitrogen and oxygen atoms in total. The lowest BCUT2D eigenvalue weighted by Gasteiger charge is -2.35. The van der Waals surface area contributed by atoms with Gasteiger partial charge in [0.1, 0.15) is 35.1 Å². The topological polar surface area (TPSA) is 60.5 Å². The second kappa shape index (κ2) is 18.0. The number of rotatable bonds is 18. The Morgan fingerprint density at radius 2 is 1.08 bits per heavy atom. The fourth-order valence-corrected chi connectivity index (χ4v) is 10.5. The minimum Gasteiger partial charge on any atom is -0.489 e.